The molecule has 0 heterocycles. The number of esters is 1. The zero-order chi connectivity index (χ0) is 16.0. The Kier molecular flexibility index (Phi) is 7.14. The maximum Gasteiger partial charge on any atom is 0.326 e. The molecule has 0 bridgehead atoms. The fourth-order valence-corrected chi connectivity index (χ4v) is 2.96. The number of hydrogen-bond acceptors (Lipinski definition) is 4. The first-order valence-corrected chi connectivity index (χ1v) is 8.50. The summed E-state index contributed by atoms with van der Waals surface area (Å²) in [6.45, 7) is 11.0. The van der Waals surface area contributed by atoms with Gasteiger partial charge in [-0.3, -0.25) is 10.1 Å². The largest absolute Gasteiger partial charge is 0.465 e. The third-order valence-electron chi connectivity index (χ3n) is 4.63. The van der Waals surface area contributed by atoms with Crippen LogP contribution >= 0.6 is 0 Å². The molecule has 3 unspecified atom stereocenters. The second-order valence-electron chi connectivity index (χ2n) is 6.83. The van der Waals surface area contributed by atoms with Crippen molar-refractivity contribution in [2.45, 2.75) is 90.4 Å². The minimum Gasteiger partial charge on any atom is -0.465 e. The first-order chi connectivity index (χ1) is 9.84. The molecule has 21 heavy (non-hydrogen) atoms. The van der Waals surface area contributed by atoms with Gasteiger partial charge >= 0.3 is 5.97 Å². The molecule has 0 aromatic heterocycles. The molecule has 3 atom stereocenters. The van der Waals surface area contributed by atoms with Crippen molar-refractivity contribution >= 4 is 5.97 Å². The van der Waals surface area contributed by atoms with E-state index in [1.807, 2.05) is 13.8 Å². The summed E-state index contributed by atoms with van der Waals surface area (Å²) in [7, 11) is 2.16. The number of rotatable bonds is 10. The van der Waals surface area contributed by atoms with Crippen molar-refractivity contribution in [1.82, 2.24) is 10.2 Å². The molecule has 4 nitrogen and oxygen atoms in total. The zero-order valence-corrected chi connectivity index (χ0v) is 14.7. The van der Waals surface area contributed by atoms with Gasteiger partial charge in [-0.1, -0.05) is 13.3 Å². The minimum absolute atomic E-state index is 0.111. The van der Waals surface area contributed by atoms with Crippen LogP contribution < -0.4 is 5.32 Å². The van der Waals surface area contributed by atoms with Crippen molar-refractivity contribution in [3.8, 4) is 0 Å². The van der Waals surface area contributed by atoms with E-state index in [1.165, 1.54) is 25.7 Å². The fourth-order valence-electron chi connectivity index (χ4n) is 2.96. The number of carbonyl (C=O) groups excluding carboxylic acids is 1. The lowest BCUT2D eigenvalue weighted by molar-refractivity contribution is -0.151. The number of carbonyl (C=O) groups is 1. The lowest BCUT2D eigenvalue weighted by atomic mass is 9.92. The molecule has 0 saturated heterocycles. The zero-order valence-electron chi connectivity index (χ0n) is 14.7. The van der Waals surface area contributed by atoms with Crippen molar-refractivity contribution in [2.75, 3.05) is 13.7 Å². The maximum atomic E-state index is 12.4. The summed E-state index contributed by atoms with van der Waals surface area (Å²) in [6.07, 6.45) is 5.50. The predicted octanol–water partition coefficient (Wildman–Crippen LogP) is 2.96. The third-order valence-corrected chi connectivity index (χ3v) is 4.63. The van der Waals surface area contributed by atoms with Crippen LogP contribution in [0.4, 0.5) is 0 Å². The fraction of sp³-hybridized carbons (Fsp3) is 0.941. The number of ether oxygens (including phenoxy) is 1. The van der Waals surface area contributed by atoms with Gasteiger partial charge in [0.1, 0.15) is 5.54 Å². The van der Waals surface area contributed by atoms with Crippen LogP contribution in [0.2, 0.25) is 0 Å². The Hall–Kier alpha value is -0.610. The summed E-state index contributed by atoms with van der Waals surface area (Å²) in [4.78, 5) is 14.8. The smallest absolute Gasteiger partial charge is 0.326 e. The molecule has 0 aromatic rings. The summed E-state index contributed by atoms with van der Waals surface area (Å²) in [5.74, 6) is -0.111. The normalized spacial score (nSPS) is 20.9. The molecular formula is C17H34N2O2. The SMILES string of the molecule is CCCC(C)N(C)C(C)CC(C)(NC1CC1)C(=O)OCC. The summed E-state index contributed by atoms with van der Waals surface area (Å²) >= 11 is 0. The van der Waals surface area contributed by atoms with Crippen LogP contribution in [0.1, 0.15) is 66.7 Å². The van der Waals surface area contributed by atoms with Gasteiger partial charge in [0, 0.05) is 18.1 Å². The minimum atomic E-state index is -0.573. The van der Waals surface area contributed by atoms with Gasteiger partial charge in [-0.2, -0.15) is 0 Å². The lowest BCUT2D eigenvalue weighted by Gasteiger charge is -2.37. The Morgan fingerprint density at radius 1 is 1.33 bits per heavy atom. The van der Waals surface area contributed by atoms with E-state index in [-0.39, 0.29) is 5.97 Å². The monoisotopic (exact) mass is 298 g/mol. The molecular weight excluding hydrogens is 264 g/mol. The first-order valence-electron chi connectivity index (χ1n) is 8.50. The van der Waals surface area contributed by atoms with Gasteiger partial charge in [-0.15, -0.1) is 0 Å². The Morgan fingerprint density at radius 2 is 1.95 bits per heavy atom. The van der Waals surface area contributed by atoms with E-state index in [0.717, 1.165) is 6.42 Å². The number of nitrogens with zero attached hydrogens (tertiary/aromatic N) is 1. The first kappa shape index (κ1) is 18.4. The van der Waals surface area contributed by atoms with E-state index < -0.39 is 5.54 Å². The van der Waals surface area contributed by atoms with Crippen LogP contribution in [0.25, 0.3) is 0 Å². The highest BCUT2D eigenvalue weighted by atomic mass is 16.5. The number of nitrogens with one attached hydrogen (secondary N) is 1. The highest BCUT2D eigenvalue weighted by molar-refractivity contribution is 5.80. The molecule has 124 valence electrons. The Bertz CT molecular complexity index is 331. The van der Waals surface area contributed by atoms with Crippen LogP contribution in [0.15, 0.2) is 0 Å². The molecule has 1 N–H and O–H groups in total. The van der Waals surface area contributed by atoms with Gasteiger partial charge in [-0.25, -0.2) is 0 Å². The van der Waals surface area contributed by atoms with Crippen LogP contribution in [0, 0.1) is 0 Å². The highest BCUT2D eigenvalue weighted by Crippen LogP contribution is 2.27. The highest BCUT2D eigenvalue weighted by Gasteiger charge is 2.41. The second-order valence-corrected chi connectivity index (χ2v) is 6.83. The molecule has 0 amide bonds. The molecule has 1 aliphatic rings. The Balaban J connectivity index is 2.68. The van der Waals surface area contributed by atoms with Gasteiger partial charge < -0.3 is 9.64 Å². The standard InChI is InChI=1S/C17H34N2O2/c1-7-9-13(3)19(6)14(4)12-17(5,16(20)21-8-2)18-15-10-11-15/h13-15,18H,7-12H2,1-6H3. The molecule has 1 rings (SSSR count). The van der Waals surface area contributed by atoms with Crippen molar-refractivity contribution < 1.29 is 9.53 Å². The van der Waals surface area contributed by atoms with E-state index in [4.69, 9.17) is 4.74 Å². The van der Waals surface area contributed by atoms with E-state index >= 15 is 0 Å². The van der Waals surface area contributed by atoms with Gasteiger partial charge in [0.25, 0.3) is 0 Å². The summed E-state index contributed by atoms with van der Waals surface area (Å²) < 4.78 is 5.30. The van der Waals surface area contributed by atoms with Crippen molar-refractivity contribution in [3.63, 3.8) is 0 Å². The number of hydrogen-bond donors (Lipinski definition) is 1. The van der Waals surface area contributed by atoms with Crippen LogP contribution in [0.5, 0.6) is 0 Å². The molecule has 1 fully saturated rings. The Morgan fingerprint density at radius 3 is 2.43 bits per heavy atom. The third kappa shape index (κ3) is 5.59. The van der Waals surface area contributed by atoms with Crippen molar-refractivity contribution in [3.05, 3.63) is 0 Å². The summed E-state index contributed by atoms with van der Waals surface area (Å²) in [6, 6.07) is 1.37. The molecule has 4 heteroatoms. The maximum absolute atomic E-state index is 12.4. The van der Waals surface area contributed by atoms with Gasteiger partial charge in [-0.05, 0) is 60.4 Å². The average molecular weight is 298 g/mol. The van der Waals surface area contributed by atoms with Gasteiger partial charge in [0.2, 0.25) is 0 Å². The van der Waals surface area contributed by atoms with Gasteiger partial charge in [0.15, 0.2) is 0 Å². The topological polar surface area (TPSA) is 41.6 Å². The second kappa shape index (κ2) is 8.14. The Labute approximate surface area is 130 Å². The van der Waals surface area contributed by atoms with E-state index in [0.29, 0.717) is 24.7 Å². The van der Waals surface area contributed by atoms with E-state index in [1.54, 1.807) is 0 Å². The molecule has 0 aliphatic heterocycles. The molecule has 0 radical (unpaired) electrons. The van der Waals surface area contributed by atoms with Gasteiger partial charge in [0.05, 0.1) is 6.61 Å². The molecule has 1 saturated carbocycles. The van der Waals surface area contributed by atoms with Crippen LogP contribution in [-0.4, -0.2) is 48.2 Å². The van der Waals surface area contributed by atoms with Crippen molar-refractivity contribution in [2.24, 2.45) is 0 Å². The van der Waals surface area contributed by atoms with Crippen LogP contribution in [0.3, 0.4) is 0 Å². The summed E-state index contributed by atoms with van der Waals surface area (Å²) in [5.41, 5.74) is -0.573. The van der Waals surface area contributed by atoms with E-state index in [2.05, 4.69) is 38.0 Å². The molecule has 0 aromatic carbocycles. The molecule has 0 spiro atoms. The van der Waals surface area contributed by atoms with E-state index in [9.17, 15) is 4.79 Å². The molecule has 1 aliphatic carbocycles. The lowest BCUT2D eigenvalue weighted by Crippen LogP contribution is -2.55. The summed E-state index contributed by atoms with van der Waals surface area (Å²) in [5, 5.41) is 3.51. The van der Waals surface area contributed by atoms with Crippen molar-refractivity contribution in [1.29, 1.82) is 0 Å². The van der Waals surface area contributed by atoms with Crippen LogP contribution in [-0.2, 0) is 9.53 Å². The quantitative estimate of drug-likeness (QED) is 0.630. The predicted molar refractivity (Wildman–Crippen MR) is 87.4 cm³/mol. The average Bonchev–Trinajstić information content (AvgIpc) is 3.21.